The van der Waals surface area contributed by atoms with Crippen molar-refractivity contribution in [3.63, 3.8) is 0 Å². The Morgan fingerprint density at radius 2 is 0.912 bits per heavy atom. The Hall–Kier alpha value is -2.43. The average Bonchev–Trinajstić information content (AvgIpc) is 4.01. The summed E-state index contributed by atoms with van der Waals surface area (Å²) in [5, 5.41) is 18.7. The van der Waals surface area contributed by atoms with Gasteiger partial charge in [0.2, 0.25) is 0 Å². The van der Waals surface area contributed by atoms with E-state index in [-0.39, 0.29) is 155 Å². The minimum atomic E-state index is -1.55. The molecular formula is C40H66N8O18Y2+2. The van der Waals surface area contributed by atoms with Crippen molar-refractivity contribution in [2.75, 3.05) is 187 Å². The standard InChI is InChI=1S/C21H39N4O9.C19H27N4O9.2Y/c1-22(14-18(27)31-2)6-7-23(15-19(28)32-3)8-9-24(16-20(29)33-4)10-11-25(12-13-26)17-21(30)34-5;1-20-2-3-21(11-15(26)30-18(20,21)29-14(25)10-20)4-5-22-6-7-23(8-9-24)13-17(28)32-19(22,23)31-16(27)12-22;;/h13,26H,6-12,14-17H2,1-5H3;9,24H,2-8,10-13H2,1H3;;/q-1;+3;;. The Balaban J connectivity index is 0.000000350. The second kappa shape index (κ2) is 25.3. The second-order valence-corrected chi connectivity index (χ2v) is 17.7. The van der Waals surface area contributed by atoms with Gasteiger partial charge in [0, 0.05) is 105 Å². The number of aliphatic hydroxyl groups excluding tert-OH is 2. The van der Waals surface area contributed by atoms with E-state index in [9.17, 15) is 43.5 Å². The smallest absolute Gasteiger partial charge is 0.565 e. The molecule has 6 saturated heterocycles. The zero-order valence-corrected chi connectivity index (χ0v) is 45.5. The molecule has 0 amide bonds. The molecule has 2 N–H and O–H groups in total. The summed E-state index contributed by atoms with van der Waals surface area (Å²) in [6, 6.07) is -2.96. The summed E-state index contributed by atoms with van der Waals surface area (Å²) < 4.78 is 42.1. The van der Waals surface area contributed by atoms with E-state index in [4.69, 9.17) is 33.5 Å². The molecule has 26 nitrogen and oxygen atoms in total. The fourth-order valence-electron chi connectivity index (χ4n) is 9.98. The van der Waals surface area contributed by atoms with Crippen LogP contribution in [0.25, 0.3) is 0 Å². The van der Waals surface area contributed by atoms with E-state index in [0.717, 1.165) is 13.2 Å². The van der Waals surface area contributed by atoms with E-state index in [1.165, 1.54) is 28.4 Å². The maximum absolute atomic E-state index is 12.5. The zero-order chi connectivity index (χ0) is 48.6. The largest absolute Gasteiger partial charge is 0.568 e. The van der Waals surface area contributed by atoms with Crippen LogP contribution >= 0.6 is 0 Å². The van der Waals surface area contributed by atoms with Crippen LogP contribution in [0.2, 0.25) is 0 Å². The summed E-state index contributed by atoms with van der Waals surface area (Å²) in [5.41, 5.74) is 0. The van der Waals surface area contributed by atoms with E-state index in [1.54, 1.807) is 16.8 Å². The summed E-state index contributed by atoms with van der Waals surface area (Å²) in [7, 11) is 8.83. The molecule has 378 valence electrons. The van der Waals surface area contributed by atoms with Gasteiger partial charge >= 0.3 is 59.8 Å². The maximum atomic E-state index is 12.5. The first kappa shape index (κ1) is 59.9. The second-order valence-electron chi connectivity index (χ2n) is 17.7. The molecule has 2 spiro atoms. The molecule has 6 fully saturated rings. The van der Waals surface area contributed by atoms with E-state index in [1.807, 2.05) is 16.8 Å². The molecular weight excluding hydrogens is 1060 g/mol. The van der Waals surface area contributed by atoms with Crippen LogP contribution in [0, 0.1) is 13.2 Å². The van der Waals surface area contributed by atoms with Gasteiger partial charge < -0.3 is 53.0 Å². The van der Waals surface area contributed by atoms with Crippen molar-refractivity contribution < 1.29 is 170 Å². The molecule has 6 unspecified atom stereocenters. The molecule has 68 heavy (non-hydrogen) atoms. The fraction of sp³-hybridized carbons (Fsp3) is 0.750. The molecule has 0 aromatic rings. The van der Waals surface area contributed by atoms with Crippen LogP contribution in [-0.4, -0.2) is 294 Å². The van der Waals surface area contributed by atoms with Gasteiger partial charge in [0.25, 0.3) is 0 Å². The molecule has 0 aromatic heterocycles. The minimum absolute atomic E-state index is 0. The normalized spacial score (nSPS) is 29.4. The first-order valence-electron chi connectivity index (χ1n) is 21.6. The summed E-state index contributed by atoms with van der Waals surface area (Å²) in [5.74, 6) is -3.43. The fourth-order valence-corrected chi connectivity index (χ4v) is 9.98. The van der Waals surface area contributed by atoms with Gasteiger partial charge in [-0.1, -0.05) is 0 Å². The average molecular weight is 1120 g/mol. The predicted molar refractivity (Wildman–Crippen MR) is 218 cm³/mol. The molecule has 0 aromatic carbocycles. The van der Waals surface area contributed by atoms with Gasteiger partial charge in [0.1, 0.15) is 39.3 Å². The van der Waals surface area contributed by atoms with Crippen LogP contribution in [0.3, 0.4) is 0 Å². The zero-order valence-electron chi connectivity index (χ0n) is 39.9. The van der Waals surface area contributed by atoms with Crippen LogP contribution in [0.4, 0.5) is 0 Å². The first-order valence-corrected chi connectivity index (χ1v) is 21.6. The van der Waals surface area contributed by atoms with Gasteiger partial charge in [0.05, 0.1) is 61.7 Å². The molecule has 0 bridgehead atoms. The van der Waals surface area contributed by atoms with Gasteiger partial charge in [0.15, 0.2) is 26.2 Å². The molecule has 6 aliphatic heterocycles. The molecule has 6 atom stereocenters. The monoisotopic (exact) mass is 1120 g/mol. The maximum Gasteiger partial charge on any atom is 0.568 e. The topological polar surface area (TPSA) is 264 Å². The van der Waals surface area contributed by atoms with Crippen molar-refractivity contribution in [3.8, 4) is 0 Å². The number of esters is 8. The number of carbonyl (C=O) groups excluding carboxylic acids is 8. The van der Waals surface area contributed by atoms with Crippen molar-refractivity contribution in [3.05, 3.63) is 13.2 Å². The van der Waals surface area contributed by atoms with E-state index in [2.05, 4.69) is 9.47 Å². The van der Waals surface area contributed by atoms with E-state index >= 15 is 0 Å². The minimum Gasteiger partial charge on any atom is -0.565 e. The number of hydrogen-bond acceptors (Lipinski definition) is 22. The van der Waals surface area contributed by atoms with Crippen LogP contribution in [0.5, 0.6) is 0 Å². The van der Waals surface area contributed by atoms with E-state index in [0.29, 0.717) is 78.5 Å². The number of nitrogens with zero attached hydrogens (tertiary/aromatic N) is 8. The summed E-state index contributed by atoms with van der Waals surface area (Å²) in [6.07, 6.45) is 0. The number of hydrogen-bond donors (Lipinski definition) is 2. The Bertz CT molecular complexity index is 1850. The number of rotatable bonds is 24. The molecule has 28 heteroatoms. The molecule has 0 aliphatic carbocycles. The Morgan fingerprint density at radius 3 is 1.38 bits per heavy atom. The molecule has 6 heterocycles. The third-order valence-electron chi connectivity index (χ3n) is 13.6. The first-order chi connectivity index (χ1) is 31.3. The quantitative estimate of drug-likeness (QED) is 0.0397. The molecule has 6 aliphatic rings. The summed E-state index contributed by atoms with van der Waals surface area (Å²) in [6.45, 7) is 8.03. The number of quaternary nitrogens is 4. The van der Waals surface area contributed by atoms with Crippen molar-refractivity contribution in [2.24, 2.45) is 0 Å². The number of ether oxygens (including phenoxy) is 8. The van der Waals surface area contributed by atoms with Gasteiger partial charge in [-0.2, -0.15) is 20.1 Å². The molecule has 2 radical (unpaired) electrons. The molecule has 0 saturated carbocycles. The Kier molecular flexibility index (Phi) is 22.3. The van der Waals surface area contributed by atoms with Gasteiger partial charge in [-0.05, 0) is 13.6 Å². The van der Waals surface area contributed by atoms with Gasteiger partial charge in [-0.3, -0.25) is 33.9 Å². The van der Waals surface area contributed by atoms with Crippen molar-refractivity contribution >= 4 is 47.8 Å². The number of methoxy groups -OCH3 is 4. The number of carbonyl (C=O) groups is 8. The SMILES string of the molecule is COC(=O)CN(C)CCN(CCN(CCN(C[CH-]O)CC(=O)OC)CC(=O)OC)CC(=O)OC.C[N+]12CC[N+]3(CC[N+]45CC[N+]6(C[CH-]O)CC(=O)OC64OC(=O)C5)CC(=O)OC13OC(=O)C2.[Y].[Y]. The van der Waals surface area contributed by atoms with Crippen LogP contribution in [-0.2, 0) is 142 Å². The van der Waals surface area contributed by atoms with Crippen molar-refractivity contribution in [1.29, 1.82) is 0 Å². The number of likely N-dealkylation sites (N-methyl/N-ethyl adjacent to an activating group) is 2. The van der Waals surface area contributed by atoms with E-state index < -0.39 is 53.9 Å². The summed E-state index contributed by atoms with van der Waals surface area (Å²) in [4.78, 5) is 104. The van der Waals surface area contributed by atoms with Crippen LogP contribution < -0.4 is 0 Å². The van der Waals surface area contributed by atoms with Gasteiger partial charge in [-0.15, -0.1) is 6.54 Å². The van der Waals surface area contributed by atoms with Gasteiger partial charge in [-0.25, -0.2) is 30.3 Å². The third kappa shape index (κ3) is 12.6. The van der Waals surface area contributed by atoms with Crippen LogP contribution in [0.15, 0.2) is 0 Å². The predicted octanol–water partition coefficient (Wildman–Crippen LogP) is -5.06. The third-order valence-corrected chi connectivity index (χ3v) is 13.6. The van der Waals surface area contributed by atoms with Crippen LogP contribution in [0.1, 0.15) is 0 Å². The number of aliphatic hydroxyl groups is 2. The Morgan fingerprint density at radius 1 is 0.544 bits per heavy atom. The molecule has 6 rings (SSSR count). The van der Waals surface area contributed by atoms with Crippen molar-refractivity contribution in [1.82, 2.24) is 19.6 Å². The van der Waals surface area contributed by atoms with Crippen molar-refractivity contribution in [2.45, 2.75) is 12.1 Å². The summed E-state index contributed by atoms with van der Waals surface area (Å²) >= 11 is 0. The Labute approximate surface area is 445 Å².